The molecule has 0 aliphatic heterocycles. The van der Waals surface area contributed by atoms with Crippen molar-refractivity contribution >= 4 is 6.16 Å². The molecule has 2 rings (SSSR count). The summed E-state index contributed by atoms with van der Waals surface area (Å²) in [5.74, 6) is 0. The summed E-state index contributed by atoms with van der Waals surface area (Å²) in [6.07, 6.45) is 0.987. The van der Waals surface area contributed by atoms with Crippen LogP contribution in [0.5, 0.6) is 0 Å². The number of hydrogen-bond acceptors (Lipinski definition) is 3. The van der Waals surface area contributed by atoms with Crippen LogP contribution in [0, 0.1) is 0 Å². The lowest BCUT2D eigenvalue weighted by molar-refractivity contribution is 0.0298. The maximum atomic E-state index is 11.1. The summed E-state index contributed by atoms with van der Waals surface area (Å²) < 4.78 is 9.91. The van der Waals surface area contributed by atoms with Crippen molar-refractivity contribution in [2.45, 2.75) is 25.9 Å². The van der Waals surface area contributed by atoms with Crippen molar-refractivity contribution in [1.82, 2.24) is 0 Å². The number of carbonyl (C=O) groups is 1. The summed E-state index contributed by atoms with van der Waals surface area (Å²) in [5.41, 5.74) is 2.54. The maximum Gasteiger partial charge on any atom is 0.508 e. The van der Waals surface area contributed by atoms with Gasteiger partial charge in [0.25, 0.3) is 0 Å². The average Bonchev–Trinajstić information content (AvgIpc) is 2.59. The van der Waals surface area contributed by atoms with Gasteiger partial charge in [-0.25, -0.2) is 4.79 Å². The fourth-order valence-electron chi connectivity index (χ4n) is 1.89. The lowest BCUT2D eigenvalue weighted by Crippen LogP contribution is -2.19. The normalized spacial score (nSPS) is 14.7. The predicted octanol–water partition coefficient (Wildman–Crippen LogP) is 2.33. The SMILES string of the molecule is CCOC(=O)OC1Cc2ccccc2C1. The van der Waals surface area contributed by atoms with E-state index in [0.717, 1.165) is 12.8 Å². The van der Waals surface area contributed by atoms with Gasteiger partial charge in [0.15, 0.2) is 0 Å². The van der Waals surface area contributed by atoms with E-state index < -0.39 is 6.16 Å². The van der Waals surface area contributed by atoms with Crippen LogP contribution in [0.25, 0.3) is 0 Å². The molecule has 1 aliphatic carbocycles. The van der Waals surface area contributed by atoms with E-state index in [1.807, 2.05) is 12.1 Å². The van der Waals surface area contributed by atoms with Gasteiger partial charge in [-0.15, -0.1) is 0 Å². The summed E-state index contributed by atoms with van der Waals surface area (Å²) in [5, 5.41) is 0. The highest BCUT2D eigenvalue weighted by atomic mass is 16.7. The molecular formula is C12H14O3. The first-order valence-corrected chi connectivity index (χ1v) is 5.19. The van der Waals surface area contributed by atoms with E-state index in [1.54, 1.807) is 6.92 Å². The molecule has 0 bridgehead atoms. The second kappa shape index (κ2) is 4.34. The lowest BCUT2D eigenvalue weighted by Gasteiger charge is -2.10. The minimum atomic E-state index is -0.560. The molecule has 0 heterocycles. The van der Waals surface area contributed by atoms with Crippen molar-refractivity contribution < 1.29 is 14.3 Å². The van der Waals surface area contributed by atoms with Gasteiger partial charge in [0.05, 0.1) is 6.61 Å². The number of hydrogen-bond donors (Lipinski definition) is 0. The van der Waals surface area contributed by atoms with E-state index in [4.69, 9.17) is 9.47 Å². The third kappa shape index (κ3) is 2.29. The Hall–Kier alpha value is -1.51. The zero-order valence-corrected chi connectivity index (χ0v) is 8.73. The highest BCUT2D eigenvalue weighted by molar-refractivity contribution is 5.60. The fraction of sp³-hybridized carbons (Fsp3) is 0.417. The molecule has 1 aromatic carbocycles. The molecule has 80 valence electrons. The first kappa shape index (κ1) is 10.0. The van der Waals surface area contributed by atoms with Crippen molar-refractivity contribution in [1.29, 1.82) is 0 Å². The summed E-state index contributed by atoms with van der Waals surface area (Å²) in [4.78, 5) is 11.1. The van der Waals surface area contributed by atoms with Crippen molar-refractivity contribution in [3.05, 3.63) is 35.4 Å². The summed E-state index contributed by atoms with van der Waals surface area (Å²) >= 11 is 0. The molecule has 0 unspecified atom stereocenters. The van der Waals surface area contributed by atoms with Crippen LogP contribution in [0.1, 0.15) is 18.1 Å². The highest BCUT2D eigenvalue weighted by Crippen LogP contribution is 2.23. The molecule has 0 N–H and O–H groups in total. The highest BCUT2D eigenvalue weighted by Gasteiger charge is 2.24. The van der Waals surface area contributed by atoms with Gasteiger partial charge in [-0.2, -0.15) is 0 Å². The van der Waals surface area contributed by atoms with Crippen molar-refractivity contribution in [2.75, 3.05) is 6.61 Å². The molecule has 3 heteroatoms. The molecule has 0 amide bonds. The van der Waals surface area contributed by atoms with Gasteiger partial charge >= 0.3 is 6.16 Å². The molecule has 1 aliphatic rings. The Morgan fingerprint density at radius 1 is 1.33 bits per heavy atom. The van der Waals surface area contributed by atoms with Crippen molar-refractivity contribution in [3.8, 4) is 0 Å². The first-order valence-electron chi connectivity index (χ1n) is 5.19. The summed E-state index contributed by atoms with van der Waals surface area (Å²) in [6, 6.07) is 8.16. The van der Waals surface area contributed by atoms with Gasteiger partial charge in [0.2, 0.25) is 0 Å². The lowest BCUT2D eigenvalue weighted by atomic mass is 10.1. The smallest absolute Gasteiger partial charge is 0.435 e. The van der Waals surface area contributed by atoms with Gasteiger partial charge in [0.1, 0.15) is 6.10 Å². The standard InChI is InChI=1S/C12H14O3/c1-2-14-12(13)15-11-7-9-5-3-4-6-10(9)8-11/h3-6,11H,2,7-8H2,1H3. The minimum Gasteiger partial charge on any atom is -0.435 e. The van der Waals surface area contributed by atoms with Crippen LogP contribution in [0.15, 0.2) is 24.3 Å². The number of rotatable bonds is 2. The van der Waals surface area contributed by atoms with Crippen molar-refractivity contribution in [3.63, 3.8) is 0 Å². The van der Waals surface area contributed by atoms with Gasteiger partial charge in [-0.1, -0.05) is 24.3 Å². The second-order valence-electron chi connectivity index (χ2n) is 3.60. The molecule has 0 aromatic heterocycles. The van der Waals surface area contributed by atoms with Crippen LogP contribution in [0.2, 0.25) is 0 Å². The molecular weight excluding hydrogens is 192 g/mol. The topological polar surface area (TPSA) is 35.5 Å². The molecule has 0 spiro atoms. The summed E-state index contributed by atoms with van der Waals surface area (Å²) in [6.45, 7) is 2.13. The van der Waals surface area contributed by atoms with Crippen LogP contribution >= 0.6 is 0 Å². The molecule has 0 atom stereocenters. The van der Waals surface area contributed by atoms with Crippen LogP contribution in [-0.4, -0.2) is 18.9 Å². The molecule has 0 fully saturated rings. The first-order chi connectivity index (χ1) is 7.29. The van der Waals surface area contributed by atoms with E-state index in [2.05, 4.69) is 12.1 Å². The van der Waals surface area contributed by atoms with Gasteiger partial charge in [-0.3, -0.25) is 0 Å². The Morgan fingerprint density at radius 2 is 1.93 bits per heavy atom. The quantitative estimate of drug-likeness (QED) is 0.697. The third-order valence-corrected chi connectivity index (χ3v) is 2.54. The van der Waals surface area contributed by atoms with E-state index in [1.165, 1.54) is 11.1 Å². The predicted molar refractivity (Wildman–Crippen MR) is 55.7 cm³/mol. The molecule has 0 saturated heterocycles. The van der Waals surface area contributed by atoms with Crippen LogP contribution in [0.3, 0.4) is 0 Å². The monoisotopic (exact) mass is 206 g/mol. The Kier molecular flexibility index (Phi) is 2.90. The number of ether oxygens (including phenoxy) is 2. The van der Waals surface area contributed by atoms with E-state index in [0.29, 0.717) is 6.61 Å². The number of carbonyl (C=O) groups excluding carboxylic acids is 1. The number of fused-ring (bicyclic) bond motifs is 1. The van der Waals surface area contributed by atoms with Crippen LogP contribution in [-0.2, 0) is 22.3 Å². The van der Waals surface area contributed by atoms with Crippen LogP contribution in [0.4, 0.5) is 4.79 Å². The Bertz CT molecular complexity index is 335. The molecule has 0 radical (unpaired) electrons. The second-order valence-corrected chi connectivity index (χ2v) is 3.60. The Morgan fingerprint density at radius 3 is 2.47 bits per heavy atom. The molecule has 0 saturated carbocycles. The number of benzene rings is 1. The van der Waals surface area contributed by atoms with E-state index >= 15 is 0 Å². The molecule has 15 heavy (non-hydrogen) atoms. The van der Waals surface area contributed by atoms with Gasteiger partial charge in [-0.05, 0) is 18.1 Å². The Labute approximate surface area is 89.0 Å². The minimum absolute atomic E-state index is 0.0542. The fourth-order valence-corrected chi connectivity index (χ4v) is 1.89. The van der Waals surface area contributed by atoms with Gasteiger partial charge in [0, 0.05) is 12.8 Å². The maximum absolute atomic E-state index is 11.1. The van der Waals surface area contributed by atoms with Crippen LogP contribution < -0.4 is 0 Å². The Balaban J connectivity index is 1.93. The average molecular weight is 206 g/mol. The van der Waals surface area contributed by atoms with Gasteiger partial charge < -0.3 is 9.47 Å². The molecule has 3 nitrogen and oxygen atoms in total. The van der Waals surface area contributed by atoms with E-state index in [-0.39, 0.29) is 6.10 Å². The zero-order valence-electron chi connectivity index (χ0n) is 8.73. The van der Waals surface area contributed by atoms with Crippen molar-refractivity contribution in [2.24, 2.45) is 0 Å². The van der Waals surface area contributed by atoms with E-state index in [9.17, 15) is 4.79 Å². The molecule has 1 aromatic rings. The largest absolute Gasteiger partial charge is 0.508 e. The zero-order chi connectivity index (χ0) is 10.7. The summed E-state index contributed by atoms with van der Waals surface area (Å²) in [7, 11) is 0. The third-order valence-electron chi connectivity index (χ3n) is 2.54.